The van der Waals surface area contributed by atoms with Crippen molar-refractivity contribution in [3.8, 4) is 11.5 Å². The molecule has 0 unspecified atom stereocenters. The second-order valence-electron chi connectivity index (χ2n) is 7.09. The Balaban J connectivity index is 1.55. The second-order valence-corrected chi connectivity index (χ2v) is 8.85. The van der Waals surface area contributed by atoms with Gasteiger partial charge in [0.25, 0.3) is 5.91 Å². The Morgan fingerprint density at radius 3 is 2.38 bits per heavy atom. The molecular formula is C21H22N2O8S. The number of fused-ring (bicyclic) bond motifs is 1. The molecule has 0 saturated heterocycles. The predicted molar refractivity (Wildman–Crippen MR) is 113 cm³/mol. The van der Waals surface area contributed by atoms with Gasteiger partial charge in [0.15, 0.2) is 23.9 Å². The van der Waals surface area contributed by atoms with Crippen molar-refractivity contribution in [2.24, 2.45) is 0 Å². The van der Waals surface area contributed by atoms with Gasteiger partial charge >= 0.3 is 5.97 Å². The molecule has 1 amide bonds. The molecule has 0 fully saturated rings. The summed E-state index contributed by atoms with van der Waals surface area (Å²) in [4.78, 5) is 36.0. The minimum atomic E-state index is -3.92. The first kappa shape index (κ1) is 23.2. The van der Waals surface area contributed by atoms with E-state index in [9.17, 15) is 22.8 Å². The van der Waals surface area contributed by atoms with Gasteiger partial charge in [-0.3, -0.25) is 14.4 Å². The normalized spacial score (nSPS) is 12.3. The topological polar surface area (TPSA) is 137 Å². The van der Waals surface area contributed by atoms with Crippen molar-refractivity contribution in [1.82, 2.24) is 4.72 Å². The van der Waals surface area contributed by atoms with Gasteiger partial charge in [0.2, 0.25) is 16.8 Å². The minimum Gasteiger partial charge on any atom is -0.455 e. The molecule has 0 saturated carbocycles. The van der Waals surface area contributed by atoms with E-state index in [0.717, 1.165) is 11.1 Å². The molecule has 32 heavy (non-hydrogen) atoms. The van der Waals surface area contributed by atoms with Gasteiger partial charge in [-0.2, -0.15) is 4.72 Å². The van der Waals surface area contributed by atoms with Crippen molar-refractivity contribution in [2.75, 3.05) is 25.3 Å². The fourth-order valence-electron chi connectivity index (χ4n) is 2.84. The first-order valence-electron chi connectivity index (χ1n) is 9.54. The summed E-state index contributed by atoms with van der Waals surface area (Å²) < 4.78 is 42.1. The lowest BCUT2D eigenvalue weighted by atomic mass is 10.1. The number of ether oxygens (including phenoxy) is 3. The summed E-state index contributed by atoms with van der Waals surface area (Å²) in [5.41, 5.74) is 2.11. The predicted octanol–water partition coefficient (Wildman–Crippen LogP) is 1.69. The van der Waals surface area contributed by atoms with Crippen LogP contribution in [0.25, 0.3) is 0 Å². The molecule has 0 spiro atoms. The van der Waals surface area contributed by atoms with Crippen LogP contribution in [0, 0.1) is 13.8 Å². The van der Waals surface area contributed by atoms with E-state index in [2.05, 4.69) is 10.0 Å². The number of ketones is 1. The number of hydrogen-bond donors (Lipinski definition) is 2. The van der Waals surface area contributed by atoms with Crippen LogP contribution in [0.2, 0.25) is 0 Å². The largest absolute Gasteiger partial charge is 0.455 e. The lowest BCUT2D eigenvalue weighted by Crippen LogP contribution is -2.32. The first-order valence-corrected chi connectivity index (χ1v) is 11.0. The number of aryl methyl sites for hydroxylation is 2. The molecule has 170 valence electrons. The number of Topliss-reactive ketones (excluding diaryl/α,β-unsaturated/α-hetero) is 1. The second kappa shape index (κ2) is 9.37. The van der Waals surface area contributed by atoms with Crippen LogP contribution in [0.4, 0.5) is 5.69 Å². The minimum absolute atomic E-state index is 0.000242. The number of anilines is 1. The number of benzene rings is 2. The number of sulfonamides is 1. The molecule has 10 nitrogen and oxygen atoms in total. The van der Waals surface area contributed by atoms with Crippen LogP contribution in [0.1, 0.15) is 28.4 Å². The standard InChI is InChI=1S/C21H22N2O8S/c1-12-4-5-15(6-13(12)2)32(27,28)22-9-21(26)29-10-20(25)23-17-8-19-18(30-11-31-19)7-16(17)14(3)24/h4-8,22H,9-11H2,1-3H3,(H,23,25). The van der Waals surface area contributed by atoms with E-state index in [-0.39, 0.29) is 28.7 Å². The van der Waals surface area contributed by atoms with Gasteiger partial charge in [-0.05, 0) is 50.1 Å². The number of carbonyl (C=O) groups excluding carboxylic acids is 3. The summed E-state index contributed by atoms with van der Waals surface area (Å²) in [5, 5.41) is 2.48. The van der Waals surface area contributed by atoms with E-state index in [1.165, 1.54) is 31.2 Å². The van der Waals surface area contributed by atoms with Crippen LogP contribution in [-0.4, -0.2) is 46.0 Å². The molecule has 0 aromatic heterocycles. The Morgan fingerprint density at radius 2 is 1.72 bits per heavy atom. The molecule has 3 rings (SSSR count). The van der Waals surface area contributed by atoms with Gasteiger partial charge in [-0.15, -0.1) is 0 Å². The van der Waals surface area contributed by atoms with Gasteiger partial charge in [0, 0.05) is 11.6 Å². The van der Waals surface area contributed by atoms with Gasteiger partial charge in [0.1, 0.15) is 6.54 Å². The van der Waals surface area contributed by atoms with Gasteiger partial charge in [-0.25, -0.2) is 8.42 Å². The summed E-state index contributed by atoms with van der Waals surface area (Å²) in [7, 11) is -3.92. The van der Waals surface area contributed by atoms with E-state index in [1.54, 1.807) is 13.0 Å². The highest BCUT2D eigenvalue weighted by Crippen LogP contribution is 2.37. The molecular weight excluding hydrogens is 440 g/mol. The summed E-state index contributed by atoms with van der Waals surface area (Å²) in [6.45, 7) is 3.64. The van der Waals surface area contributed by atoms with Crippen LogP contribution in [0.5, 0.6) is 11.5 Å². The van der Waals surface area contributed by atoms with Crippen LogP contribution >= 0.6 is 0 Å². The Labute approximate surface area is 184 Å². The van der Waals surface area contributed by atoms with E-state index in [1.807, 2.05) is 6.92 Å². The molecule has 11 heteroatoms. The highest BCUT2D eigenvalue weighted by atomic mass is 32.2. The quantitative estimate of drug-likeness (QED) is 0.447. The average Bonchev–Trinajstić information content (AvgIpc) is 3.19. The molecule has 1 heterocycles. The third-order valence-electron chi connectivity index (χ3n) is 4.73. The molecule has 0 bridgehead atoms. The number of amides is 1. The summed E-state index contributed by atoms with van der Waals surface area (Å²) >= 11 is 0. The fraction of sp³-hybridized carbons (Fsp3) is 0.286. The van der Waals surface area contributed by atoms with Crippen LogP contribution < -0.4 is 19.5 Å². The lowest BCUT2D eigenvalue weighted by molar-refractivity contribution is -0.146. The Kier molecular flexibility index (Phi) is 6.80. The monoisotopic (exact) mass is 462 g/mol. The third-order valence-corrected chi connectivity index (χ3v) is 6.12. The van der Waals surface area contributed by atoms with Crippen LogP contribution in [0.3, 0.4) is 0 Å². The number of hydrogen-bond acceptors (Lipinski definition) is 8. The molecule has 2 aromatic rings. The van der Waals surface area contributed by atoms with Crippen molar-refractivity contribution in [1.29, 1.82) is 0 Å². The average molecular weight is 462 g/mol. The van der Waals surface area contributed by atoms with Crippen molar-refractivity contribution in [2.45, 2.75) is 25.7 Å². The smallest absolute Gasteiger partial charge is 0.321 e. The van der Waals surface area contributed by atoms with E-state index in [4.69, 9.17) is 14.2 Å². The zero-order chi connectivity index (χ0) is 23.5. The molecule has 2 N–H and O–H groups in total. The van der Waals surface area contributed by atoms with Gasteiger partial charge in [-0.1, -0.05) is 6.07 Å². The number of rotatable bonds is 8. The Bertz CT molecular complexity index is 1190. The molecule has 0 atom stereocenters. The maximum absolute atomic E-state index is 12.3. The lowest BCUT2D eigenvalue weighted by Gasteiger charge is -2.11. The third kappa shape index (κ3) is 5.42. The van der Waals surface area contributed by atoms with Crippen molar-refractivity contribution < 1.29 is 37.0 Å². The van der Waals surface area contributed by atoms with Crippen LogP contribution in [-0.2, 0) is 24.3 Å². The number of carbonyl (C=O) groups is 3. The Hall–Kier alpha value is -3.44. The fourth-order valence-corrected chi connectivity index (χ4v) is 3.89. The Morgan fingerprint density at radius 1 is 1.03 bits per heavy atom. The zero-order valence-electron chi connectivity index (χ0n) is 17.7. The highest BCUT2D eigenvalue weighted by molar-refractivity contribution is 7.89. The van der Waals surface area contributed by atoms with E-state index in [0.29, 0.717) is 11.5 Å². The molecule has 1 aliphatic heterocycles. The van der Waals surface area contributed by atoms with E-state index < -0.39 is 35.1 Å². The molecule has 0 radical (unpaired) electrons. The first-order chi connectivity index (χ1) is 15.1. The van der Waals surface area contributed by atoms with Gasteiger partial charge in [0.05, 0.1) is 10.6 Å². The SMILES string of the molecule is CC(=O)c1cc2c(cc1NC(=O)COC(=O)CNS(=O)(=O)c1ccc(C)c(C)c1)OCO2. The number of esters is 1. The molecule has 1 aliphatic rings. The summed E-state index contributed by atoms with van der Waals surface area (Å²) in [6, 6.07) is 7.48. The number of nitrogens with one attached hydrogen (secondary N) is 2. The van der Waals surface area contributed by atoms with E-state index >= 15 is 0 Å². The maximum atomic E-state index is 12.3. The zero-order valence-corrected chi connectivity index (χ0v) is 18.5. The van der Waals surface area contributed by atoms with Crippen molar-refractivity contribution in [3.63, 3.8) is 0 Å². The van der Waals surface area contributed by atoms with Crippen LogP contribution in [0.15, 0.2) is 35.2 Å². The molecule has 0 aliphatic carbocycles. The molecule has 2 aromatic carbocycles. The van der Waals surface area contributed by atoms with Crippen molar-refractivity contribution >= 4 is 33.4 Å². The van der Waals surface area contributed by atoms with Crippen molar-refractivity contribution in [3.05, 3.63) is 47.0 Å². The summed E-state index contributed by atoms with van der Waals surface area (Å²) in [5.74, 6) is -1.21. The summed E-state index contributed by atoms with van der Waals surface area (Å²) in [6.07, 6.45) is 0. The van der Waals surface area contributed by atoms with Gasteiger partial charge < -0.3 is 19.5 Å². The maximum Gasteiger partial charge on any atom is 0.321 e. The highest BCUT2D eigenvalue weighted by Gasteiger charge is 2.21.